The quantitative estimate of drug-likeness (QED) is 0.511. The lowest BCUT2D eigenvalue weighted by Gasteiger charge is -2.18. The average molecular weight is 281 g/mol. The molecule has 0 aliphatic rings. The molecule has 0 radical (unpaired) electrons. The second-order valence-corrected chi connectivity index (χ2v) is 3.57. The number of nitrogen functional groups attached to an aromatic ring is 1. The number of alkyl halides is 4. The Kier molecular flexibility index (Phi) is 4.57. The van der Waals surface area contributed by atoms with Crippen LogP contribution in [0.2, 0.25) is 0 Å². The molecular formula is C11H11F4NO3. The number of hydrogen-bond acceptors (Lipinski definition) is 4. The molecule has 0 saturated heterocycles. The lowest BCUT2D eigenvalue weighted by Crippen LogP contribution is -2.34. The van der Waals surface area contributed by atoms with E-state index in [4.69, 9.17) is 5.73 Å². The fourth-order valence-corrected chi connectivity index (χ4v) is 1.22. The molecule has 0 aliphatic heterocycles. The van der Waals surface area contributed by atoms with Gasteiger partial charge < -0.3 is 15.2 Å². The Balaban J connectivity index is 2.98. The minimum Gasteiger partial charge on any atom is -0.484 e. The first-order valence-corrected chi connectivity index (χ1v) is 5.05. The van der Waals surface area contributed by atoms with Crippen molar-refractivity contribution in [2.75, 3.05) is 19.5 Å². The fraction of sp³-hybridized carbons (Fsp3) is 0.364. The minimum absolute atomic E-state index is 0.132. The van der Waals surface area contributed by atoms with Crippen LogP contribution in [0.25, 0.3) is 0 Å². The van der Waals surface area contributed by atoms with E-state index in [0.717, 1.165) is 7.11 Å². The second-order valence-electron chi connectivity index (χ2n) is 3.57. The molecule has 19 heavy (non-hydrogen) atoms. The highest BCUT2D eigenvalue weighted by Crippen LogP contribution is 2.30. The number of esters is 1. The number of methoxy groups -OCH3 is 1. The summed E-state index contributed by atoms with van der Waals surface area (Å²) in [4.78, 5) is 11.4. The predicted molar refractivity (Wildman–Crippen MR) is 58.6 cm³/mol. The van der Waals surface area contributed by atoms with Crippen LogP contribution in [0.3, 0.4) is 0 Å². The van der Waals surface area contributed by atoms with Gasteiger partial charge in [-0.2, -0.15) is 8.78 Å². The summed E-state index contributed by atoms with van der Waals surface area (Å²) in [6, 6.07) is 3.88. The molecule has 0 saturated carbocycles. The van der Waals surface area contributed by atoms with Gasteiger partial charge in [0, 0.05) is 0 Å². The van der Waals surface area contributed by atoms with Gasteiger partial charge in [0.15, 0.2) is 12.4 Å². The number of benzene rings is 1. The first-order valence-electron chi connectivity index (χ1n) is 5.05. The highest BCUT2D eigenvalue weighted by molar-refractivity contribution is 5.94. The molecule has 8 heteroatoms. The molecule has 0 aliphatic carbocycles. The molecule has 0 aromatic heterocycles. The summed E-state index contributed by atoms with van der Waals surface area (Å²) in [7, 11) is 1.07. The van der Waals surface area contributed by atoms with Gasteiger partial charge >= 0.3 is 18.3 Å². The zero-order valence-corrected chi connectivity index (χ0v) is 9.83. The van der Waals surface area contributed by atoms with E-state index >= 15 is 0 Å². The van der Waals surface area contributed by atoms with Crippen LogP contribution in [-0.2, 0) is 4.74 Å². The van der Waals surface area contributed by atoms with Crippen molar-refractivity contribution in [3.05, 3.63) is 23.8 Å². The first kappa shape index (κ1) is 15.1. The number of nitrogens with two attached hydrogens (primary N) is 1. The number of ether oxygens (including phenoxy) is 2. The monoisotopic (exact) mass is 281 g/mol. The Morgan fingerprint density at radius 1 is 1.42 bits per heavy atom. The third-order valence-corrected chi connectivity index (χ3v) is 2.18. The zero-order chi connectivity index (χ0) is 14.6. The number of rotatable bonds is 5. The van der Waals surface area contributed by atoms with Gasteiger partial charge in [-0.1, -0.05) is 6.07 Å². The Bertz CT molecular complexity index is 465. The SMILES string of the molecule is COC(=O)c1cccc(N)c1OCC(F)(F)C(F)F. The van der Waals surface area contributed by atoms with Gasteiger partial charge in [-0.25, -0.2) is 13.6 Å². The first-order chi connectivity index (χ1) is 8.79. The molecule has 1 rings (SSSR count). The molecule has 0 amide bonds. The van der Waals surface area contributed by atoms with Crippen molar-refractivity contribution < 1.29 is 31.8 Å². The largest absolute Gasteiger partial charge is 0.484 e. The maximum Gasteiger partial charge on any atom is 0.341 e. The molecule has 1 aromatic rings. The molecule has 0 spiro atoms. The Hall–Kier alpha value is -1.99. The van der Waals surface area contributed by atoms with Gasteiger partial charge in [-0.3, -0.25) is 0 Å². The number of halogens is 4. The third-order valence-electron chi connectivity index (χ3n) is 2.18. The van der Waals surface area contributed by atoms with Gasteiger partial charge in [0.05, 0.1) is 12.8 Å². The molecule has 0 atom stereocenters. The molecule has 106 valence electrons. The summed E-state index contributed by atoms with van der Waals surface area (Å²) in [6.07, 6.45) is -3.88. The maximum atomic E-state index is 12.7. The van der Waals surface area contributed by atoms with E-state index < -0.39 is 30.7 Å². The van der Waals surface area contributed by atoms with Crippen molar-refractivity contribution >= 4 is 11.7 Å². The van der Waals surface area contributed by atoms with Crippen molar-refractivity contribution in [1.29, 1.82) is 0 Å². The number of carbonyl (C=O) groups is 1. The molecule has 0 unspecified atom stereocenters. The number of anilines is 1. The van der Waals surface area contributed by atoms with E-state index in [1.165, 1.54) is 18.2 Å². The van der Waals surface area contributed by atoms with E-state index in [-0.39, 0.29) is 11.3 Å². The molecule has 1 aromatic carbocycles. The Morgan fingerprint density at radius 2 is 2.05 bits per heavy atom. The van der Waals surface area contributed by atoms with Crippen LogP contribution in [0.4, 0.5) is 23.2 Å². The van der Waals surface area contributed by atoms with Crippen molar-refractivity contribution in [3.63, 3.8) is 0 Å². The number of carbonyl (C=O) groups excluding carboxylic acids is 1. The molecule has 2 N–H and O–H groups in total. The molecular weight excluding hydrogens is 270 g/mol. The summed E-state index contributed by atoms with van der Waals surface area (Å²) in [5.74, 6) is -5.62. The van der Waals surface area contributed by atoms with E-state index in [0.29, 0.717) is 0 Å². The van der Waals surface area contributed by atoms with Gasteiger partial charge in [0.1, 0.15) is 5.56 Å². The molecule has 0 bridgehead atoms. The van der Waals surface area contributed by atoms with Gasteiger partial charge in [-0.15, -0.1) is 0 Å². The molecule has 4 nitrogen and oxygen atoms in total. The van der Waals surface area contributed by atoms with Crippen molar-refractivity contribution in [3.8, 4) is 5.75 Å². The summed E-state index contributed by atoms with van der Waals surface area (Å²) >= 11 is 0. The number of hydrogen-bond donors (Lipinski definition) is 1. The predicted octanol–water partition coefficient (Wildman–Crippen LogP) is 2.33. The maximum absolute atomic E-state index is 12.7. The fourth-order valence-electron chi connectivity index (χ4n) is 1.22. The smallest absolute Gasteiger partial charge is 0.341 e. The van der Waals surface area contributed by atoms with Crippen LogP contribution >= 0.6 is 0 Å². The summed E-state index contributed by atoms with van der Waals surface area (Å²) < 4.78 is 58.4. The average Bonchev–Trinajstić information content (AvgIpc) is 2.35. The van der Waals surface area contributed by atoms with Crippen molar-refractivity contribution in [2.45, 2.75) is 12.3 Å². The van der Waals surface area contributed by atoms with Crippen LogP contribution in [0.15, 0.2) is 18.2 Å². The van der Waals surface area contributed by atoms with E-state index in [9.17, 15) is 22.4 Å². The minimum atomic E-state index is -4.34. The van der Waals surface area contributed by atoms with E-state index in [1.807, 2.05) is 0 Å². The van der Waals surface area contributed by atoms with Crippen LogP contribution in [0, 0.1) is 0 Å². The Morgan fingerprint density at radius 3 is 2.58 bits per heavy atom. The molecule has 0 heterocycles. The van der Waals surface area contributed by atoms with Crippen LogP contribution < -0.4 is 10.5 Å². The second kappa shape index (κ2) is 5.77. The lowest BCUT2D eigenvalue weighted by atomic mass is 10.1. The van der Waals surface area contributed by atoms with Crippen molar-refractivity contribution in [2.24, 2.45) is 0 Å². The van der Waals surface area contributed by atoms with Crippen molar-refractivity contribution in [1.82, 2.24) is 0 Å². The molecule has 0 fully saturated rings. The summed E-state index contributed by atoms with van der Waals surface area (Å²) in [5, 5.41) is 0. The van der Waals surface area contributed by atoms with Gasteiger partial charge in [-0.05, 0) is 12.1 Å². The van der Waals surface area contributed by atoms with Gasteiger partial charge in [0.25, 0.3) is 0 Å². The summed E-state index contributed by atoms with van der Waals surface area (Å²) in [6.45, 7) is -1.59. The zero-order valence-electron chi connectivity index (χ0n) is 9.83. The standard InChI is InChI=1S/C11H11F4NO3/c1-18-9(17)6-3-2-4-7(16)8(6)19-5-11(14,15)10(12)13/h2-4,10H,5,16H2,1H3. The Labute approximate surface area is 106 Å². The number of para-hydroxylation sites is 1. The lowest BCUT2D eigenvalue weighted by molar-refractivity contribution is -0.148. The highest BCUT2D eigenvalue weighted by atomic mass is 19.3. The highest BCUT2D eigenvalue weighted by Gasteiger charge is 2.42. The van der Waals surface area contributed by atoms with Crippen LogP contribution in [0.1, 0.15) is 10.4 Å². The van der Waals surface area contributed by atoms with Crippen LogP contribution in [0.5, 0.6) is 5.75 Å². The van der Waals surface area contributed by atoms with E-state index in [2.05, 4.69) is 9.47 Å². The van der Waals surface area contributed by atoms with Crippen LogP contribution in [-0.4, -0.2) is 32.0 Å². The topological polar surface area (TPSA) is 61.5 Å². The normalized spacial score (nSPS) is 11.5. The summed E-state index contributed by atoms with van der Waals surface area (Å²) in [5.41, 5.74) is 5.11. The third kappa shape index (κ3) is 3.49. The van der Waals surface area contributed by atoms with E-state index in [1.54, 1.807) is 0 Å². The van der Waals surface area contributed by atoms with Gasteiger partial charge in [0.2, 0.25) is 0 Å².